The average molecular weight is 651 g/mol. The monoisotopic (exact) mass is 650 g/mol. The van der Waals surface area contributed by atoms with E-state index in [4.69, 9.17) is 9.47 Å². The fourth-order valence-electron chi connectivity index (χ4n) is 5.91. The number of pyridine rings is 1. The van der Waals surface area contributed by atoms with Gasteiger partial charge in [0.2, 0.25) is 5.43 Å². The van der Waals surface area contributed by atoms with Crippen LogP contribution in [0.5, 0.6) is 5.75 Å². The maximum Gasteiger partial charge on any atom is 0.352 e. The zero-order valence-corrected chi connectivity index (χ0v) is 25.7. The normalized spacial score (nSPS) is 19.1. The third-order valence-electron chi connectivity index (χ3n) is 8.21. The standard InChI is InChI=1S/C32H31FN4O8S/c1-2-35-14-21(28(39)20-12-22(33)24(13-23(20)35)36-10-6-7-11-36)32(43)45-15-18-17-46-30-26(29(40)37(30)27(18)31(41)42)34-25(38)16-44-19-8-4-3-5-9-19/h3-5,8-9,12-14,26,30H,2,6-7,10-11,15-17H2,1H3,(H,34,38)(H,41,42)/t26-,30-/m1/s1. The topological polar surface area (TPSA) is 147 Å². The zero-order chi connectivity index (χ0) is 32.5. The summed E-state index contributed by atoms with van der Waals surface area (Å²) in [5, 5.41) is 11.9. The SMILES string of the molecule is CCn1cc(C(=O)OCC2=C(C(=O)O)N3C(=O)[C@@H](NC(=O)COc4ccccc4)[C@H]3SC2)c(=O)c2cc(F)c(N3CCCC3)cc21. The van der Waals surface area contributed by atoms with Gasteiger partial charge in [0.1, 0.15) is 40.8 Å². The molecule has 12 nitrogen and oxygen atoms in total. The second-order valence-electron chi connectivity index (χ2n) is 11.1. The number of carboxylic acids is 1. The van der Waals surface area contributed by atoms with Crippen molar-refractivity contribution in [3.8, 4) is 5.75 Å². The number of esters is 1. The number of para-hydroxylation sites is 1. The number of benzene rings is 2. The molecule has 0 unspecified atom stereocenters. The molecule has 3 aliphatic heterocycles. The van der Waals surface area contributed by atoms with Crippen LogP contribution >= 0.6 is 11.8 Å². The summed E-state index contributed by atoms with van der Waals surface area (Å²) >= 11 is 1.21. The molecule has 0 bridgehead atoms. The number of β-lactam (4-membered cyclic amide) rings is 1. The minimum atomic E-state index is -1.40. The maximum absolute atomic E-state index is 15.1. The molecule has 6 rings (SSSR count). The molecule has 1 aromatic heterocycles. The van der Waals surface area contributed by atoms with Gasteiger partial charge in [-0.2, -0.15) is 0 Å². The van der Waals surface area contributed by atoms with E-state index in [2.05, 4.69) is 5.32 Å². The summed E-state index contributed by atoms with van der Waals surface area (Å²) in [5.74, 6) is -3.53. The fraction of sp³-hybridized carbons (Fsp3) is 0.344. The predicted molar refractivity (Wildman–Crippen MR) is 167 cm³/mol. The number of thioether (sulfide) groups is 1. The van der Waals surface area contributed by atoms with Crippen molar-refractivity contribution in [3.05, 3.63) is 81.5 Å². The number of nitrogens with one attached hydrogen (secondary N) is 1. The highest BCUT2D eigenvalue weighted by atomic mass is 32.2. The first-order valence-electron chi connectivity index (χ1n) is 14.8. The van der Waals surface area contributed by atoms with E-state index in [-0.39, 0.29) is 34.6 Å². The molecule has 0 spiro atoms. The third kappa shape index (κ3) is 5.80. The highest BCUT2D eigenvalue weighted by molar-refractivity contribution is 8.00. The van der Waals surface area contributed by atoms with Crippen molar-refractivity contribution < 1.29 is 38.1 Å². The number of carbonyl (C=O) groups excluding carboxylic acids is 3. The van der Waals surface area contributed by atoms with E-state index in [0.717, 1.165) is 36.9 Å². The van der Waals surface area contributed by atoms with E-state index in [1.165, 1.54) is 18.0 Å². The van der Waals surface area contributed by atoms with Crippen molar-refractivity contribution in [1.82, 2.24) is 14.8 Å². The summed E-state index contributed by atoms with van der Waals surface area (Å²) in [7, 11) is 0. The Morgan fingerprint density at radius 1 is 1.11 bits per heavy atom. The Bertz CT molecular complexity index is 1820. The van der Waals surface area contributed by atoms with Gasteiger partial charge in [0, 0.05) is 42.5 Å². The molecule has 0 radical (unpaired) electrons. The van der Waals surface area contributed by atoms with E-state index >= 15 is 4.39 Å². The van der Waals surface area contributed by atoms with E-state index in [0.29, 0.717) is 23.5 Å². The van der Waals surface area contributed by atoms with Crippen molar-refractivity contribution in [2.24, 2.45) is 0 Å². The molecule has 4 heterocycles. The number of anilines is 1. The van der Waals surface area contributed by atoms with Crippen LogP contribution in [0.2, 0.25) is 0 Å². The molecule has 2 atom stereocenters. The Kier molecular flexibility index (Phi) is 8.71. The van der Waals surface area contributed by atoms with E-state index in [9.17, 15) is 29.1 Å². The first-order chi connectivity index (χ1) is 22.2. The van der Waals surface area contributed by atoms with Gasteiger partial charge in [0.25, 0.3) is 11.8 Å². The van der Waals surface area contributed by atoms with Crippen molar-refractivity contribution in [2.45, 2.75) is 37.7 Å². The molecule has 2 aromatic carbocycles. The lowest BCUT2D eigenvalue weighted by Gasteiger charge is -2.49. The van der Waals surface area contributed by atoms with Gasteiger partial charge in [-0.05, 0) is 44.0 Å². The molecule has 14 heteroatoms. The van der Waals surface area contributed by atoms with E-state index < -0.39 is 53.0 Å². The maximum atomic E-state index is 15.1. The lowest BCUT2D eigenvalue weighted by atomic mass is 10.0. The Hall–Kier alpha value is -4.85. The molecule has 2 N–H and O–H groups in total. The van der Waals surface area contributed by atoms with Crippen LogP contribution in [0, 0.1) is 5.82 Å². The lowest BCUT2D eigenvalue weighted by Crippen LogP contribution is -2.71. The minimum Gasteiger partial charge on any atom is -0.484 e. The number of rotatable bonds is 10. The number of aryl methyl sites for hydroxylation is 1. The number of ether oxygens (including phenoxy) is 2. The Labute approximate surface area is 266 Å². The third-order valence-corrected chi connectivity index (χ3v) is 9.55. The average Bonchev–Trinajstić information content (AvgIpc) is 3.60. The molecule has 3 aliphatic rings. The number of carbonyl (C=O) groups is 4. The molecule has 0 saturated carbocycles. The molecule has 46 heavy (non-hydrogen) atoms. The van der Waals surface area contributed by atoms with Gasteiger partial charge >= 0.3 is 11.9 Å². The molecule has 2 saturated heterocycles. The van der Waals surface area contributed by atoms with Crippen LogP contribution in [0.4, 0.5) is 10.1 Å². The van der Waals surface area contributed by atoms with Gasteiger partial charge < -0.3 is 29.4 Å². The highest BCUT2D eigenvalue weighted by Gasteiger charge is 2.54. The van der Waals surface area contributed by atoms with Gasteiger partial charge in [-0.1, -0.05) is 18.2 Å². The minimum absolute atomic E-state index is 0.0340. The van der Waals surface area contributed by atoms with Gasteiger partial charge in [-0.3, -0.25) is 19.3 Å². The summed E-state index contributed by atoms with van der Waals surface area (Å²) < 4.78 is 27.6. The molecular weight excluding hydrogens is 619 g/mol. The highest BCUT2D eigenvalue weighted by Crippen LogP contribution is 2.40. The first kappa shape index (κ1) is 31.1. The predicted octanol–water partition coefficient (Wildman–Crippen LogP) is 2.74. The van der Waals surface area contributed by atoms with E-state index in [1.54, 1.807) is 41.0 Å². The summed E-state index contributed by atoms with van der Waals surface area (Å²) in [6, 6.07) is 10.5. The fourth-order valence-corrected chi connectivity index (χ4v) is 7.24. The summed E-state index contributed by atoms with van der Waals surface area (Å²) in [6.07, 6.45) is 3.27. The number of hydrogen-bond donors (Lipinski definition) is 2. The van der Waals surface area contributed by atoms with Crippen LogP contribution in [0.25, 0.3) is 10.9 Å². The van der Waals surface area contributed by atoms with Crippen LogP contribution in [-0.4, -0.2) is 81.8 Å². The number of hydrogen-bond acceptors (Lipinski definition) is 9. The molecule has 240 valence electrons. The number of nitrogens with zero attached hydrogens (tertiary/aromatic N) is 3. The number of aromatic nitrogens is 1. The first-order valence-corrected chi connectivity index (χ1v) is 15.9. The van der Waals surface area contributed by atoms with Crippen LogP contribution in [-0.2, 0) is 25.7 Å². The van der Waals surface area contributed by atoms with Gasteiger partial charge in [0.05, 0.1) is 11.2 Å². The molecule has 0 aliphatic carbocycles. The second-order valence-corrected chi connectivity index (χ2v) is 12.2. The van der Waals surface area contributed by atoms with Gasteiger partial charge in [-0.25, -0.2) is 14.0 Å². The zero-order valence-electron chi connectivity index (χ0n) is 24.9. The number of amides is 2. The van der Waals surface area contributed by atoms with Crippen LogP contribution in [0.3, 0.4) is 0 Å². The van der Waals surface area contributed by atoms with Crippen molar-refractivity contribution in [2.75, 3.05) is 37.0 Å². The Morgan fingerprint density at radius 3 is 2.54 bits per heavy atom. The van der Waals surface area contributed by atoms with Crippen LogP contribution in [0.1, 0.15) is 30.1 Å². The number of carboxylic acid groups (broad SMARTS) is 1. The smallest absolute Gasteiger partial charge is 0.352 e. The quantitative estimate of drug-likeness (QED) is 0.248. The van der Waals surface area contributed by atoms with Gasteiger partial charge in [-0.15, -0.1) is 11.8 Å². The summed E-state index contributed by atoms with van der Waals surface area (Å²) in [6.45, 7) is 2.85. The number of halogens is 1. The molecule has 2 amide bonds. The van der Waals surface area contributed by atoms with Crippen molar-refractivity contribution >= 4 is 52.1 Å². The summed E-state index contributed by atoms with van der Waals surface area (Å²) in [4.78, 5) is 67.1. The van der Waals surface area contributed by atoms with Crippen molar-refractivity contribution in [1.29, 1.82) is 0 Å². The largest absolute Gasteiger partial charge is 0.484 e. The molecule has 3 aromatic rings. The van der Waals surface area contributed by atoms with Crippen molar-refractivity contribution in [3.63, 3.8) is 0 Å². The number of fused-ring (bicyclic) bond motifs is 2. The second kappa shape index (κ2) is 12.9. The summed E-state index contributed by atoms with van der Waals surface area (Å²) in [5.41, 5.74) is -0.301. The van der Waals surface area contributed by atoms with E-state index in [1.807, 2.05) is 11.8 Å². The van der Waals surface area contributed by atoms with Crippen LogP contribution in [0.15, 0.2) is 64.7 Å². The van der Waals surface area contributed by atoms with Crippen LogP contribution < -0.4 is 20.4 Å². The molecule has 2 fully saturated rings. The Balaban J connectivity index is 1.16. The number of aliphatic carboxylic acids is 1. The Morgan fingerprint density at radius 2 is 1.85 bits per heavy atom. The lowest BCUT2D eigenvalue weighted by molar-refractivity contribution is -0.151. The molecular formula is C32H31FN4O8S. The van der Waals surface area contributed by atoms with Gasteiger partial charge in [0.15, 0.2) is 6.61 Å².